The molecule has 2 amide bonds. The number of rotatable bonds is 5. The Morgan fingerprint density at radius 3 is 2.20 bits per heavy atom. The summed E-state index contributed by atoms with van der Waals surface area (Å²) in [4.78, 5) is 24.7. The van der Waals surface area contributed by atoms with E-state index in [0.717, 1.165) is 0 Å². The number of methoxy groups -OCH3 is 1. The lowest BCUT2D eigenvalue weighted by molar-refractivity contribution is 0.0976. The molecule has 0 spiro atoms. The Bertz CT molecular complexity index is 1090. The van der Waals surface area contributed by atoms with E-state index in [1.165, 1.54) is 7.11 Å². The van der Waals surface area contributed by atoms with Gasteiger partial charge in [-0.05, 0) is 60.7 Å². The van der Waals surface area contributed by atoms with E-state index in [1.54, 1.807) is 66.7 Å². The minimum absolute atomic E-state index is 0.0884. The van der Waals surface area contributed by atoms with E-state index in [9.17, 15) is 9.59 Å². The van der Waals surface area contributed by atoms with Crippen LogP contribution >= 0.6 is 23.8 Å². The zero-order chi connectivity index (χ0) is 21.5. The number of nitrogens with one attached hydrogen (secondary N) is 3. The molecule has 0 bridgehead atoms. The van der Waals surface area contributed by atoms with Crippen LogP contribution in [0.2, 0.25) is 5.02 Å². The number of anilines is 2. The molecule has 0 heterocycles. The lowest BCUT2D eigenvalue weighted by atomic mass is 10.2. The van der Waals surface area contributed by atoms with Crippen molar-refractivity contribution in [2.45, 2.75) is 0 Å². The van der Waals surface area contributed by atoms with Crippen molar-refractivity contribution >= 4 is 52.1 Å². The number of amides is 2. The molecule has 0 aliphatic rings. The lowest BCUT2D eigenvalue weighted by Gasteiger charge is -2.12. The summed E-state index contributed by atoms with van der Waals surface area (Å²) in [6, 6.07) is 20.4. The van der Waals surface area contributed by atoms with E-state index < -0.39 is 0 Å². The second kappa shape index (κ2) is 9.87. The van der Waals surface area contributed by atoms with Crippen LogP contribution in [0, 0.1) is 0 Å². The van der Waals surface area contributed by atoms with Gasteiger partial charge in [-0.15, -0.1) is 0 Å². The molecule has 3 N–H and O–H groups in total. The second-order valence-electron chi connectivity index (χ2n) is 6.19. The van der Waals surface area contributed by atoms with Gasteiger partial charge in [0, 0.05) is 27.5 Å². The van der Waals surface area contributed by atoms with Gasteiger partial charge in [0.2, 0.25) is 0 Å². The minimum Gasteiger partial charge on any atom is -0.497 e. The first-order valence-electron chi connectivity index (χ1n) is 8.88. The largest absolute Gasteiger partial charge is 0.497 e. The van der Waals surface area contributed by atoms with Gasteiger partial charge >= 0.3 is 0 Å². The Hall–Kier alpha value is -3.42. The highest BCUT2D eigenvalue weighted by Gasteiger charge is 2.11. The van der Waals surface area contributed by atoms with Crippen LogP contribution < -0.4 is 20.7 Å². The summed E-state index contributed by atoms with van der Waals surface area (Å²) in [6.45, 7) is 0. The van der Waals surface area contributed by atoms with Crippen molar-refractivity contribution in [1.29, 1.82) is 0 Å². The van der Waals surface area contributed by atoms with Crippen LogP contribution in [0.5, 0.6) is 5.75 Å². The third kappa shape index (κ3) is 5.79. The van der Waals surface area contributed by atoms with Crippen LogP contribution in [-0.4, -0.2) is 24.0 Å². The van der Waals surface area contributed by atoms with Gasteiger partial charge in [0.15, 0.2) is 5.11 Å². The Kier molecular flexibility index (Phi) is 7.00. The maximum atomic E-state index is 12.4. The number of thiocarbonyl (C=S) groups is 1. The highest BCUT2D eigenvalue weighted by molar-refractivity contribution is 7.80. The SMILES string of the molecule is COc1cccc(C(=O)NC(=S)Nc2cc(Cl)cc(NC(=O)c3ccccc3)c2)c1. The maximum Gasteiger partial charge on any atom is 0.257 e. The van der Waals surface area contributed by atoms with Gasteiger partial charge in [0.25, 0.3) is 11.8 Å². The van der Waals surface area contributed by atoms with E-state index in [-0.39, 0.29) is 16.9 Å². The maximum absolute atomic E-state index is 12.4. The Morgan fingerprint density at radius 2 is 1.50 bits per heavy atom. The molecule has 0 atom stereocenters. The molecule has 0 aliphatic heterocycles. The summed E-state index contributed by atoms with van der Waals surface area (Å²) < 4.78 is 5.12. The summed E-state index contributed by atoms with van der Waals surface area (Å²) in [6.07, 6.45) is 0. The van der Waals surface area contributed by atoms with Crippen molar-refractivity contribution in [3.63, 3.8) is 0 Å². The summed E-state index contributed by atoms with van der Waals surface area (Å²) in [5.74, 6) is -0.0843. The normalized spacial score (nSPS) is 10.1. The highest BCUT2D eigenvalue weighted by Crippen LogP contribution is 2.23. The van der Waals surface area contributed by atoms with Crippen LogP contribution in [0.4, 0.5) is 11.4 Å². The summed E-state index contributed by atoms with van der Waals surface area (Å²) >= 11 is 11.4. The van der Waals surface area contributed by atoms with Gasteiger partial charge in [0.1, 0.15) is 5.75 Å². The molecular weight excluding hydrogens is 422 g/mol. The molecule has 152 valence electrons. The van der Waals surface area contributed by atoms with Gasteiger partial charge in [-0.3, -0.25) is 14.9 Å². The molecular formula is C22H18ClN3O3S. The Balaban J connectivity index is 1.66. The first-order chi connectivity index (χ1) is 14.4. The lowest BCUT2D eigenvalue weighted by Crippen LogP contribution is -2.34. The fourth-order valence-electron chi connectivity index (χ4n) is 2.63. The van der Waals surface area contributed by atoms with Crippen molar-refractivity contribution in [3.05, 3.63) is 88.9 Å². The second-order valence-corrected chi connectivity index (χ2v) is 7.03. The fourth-order valence-corrected chi connectivity index (χ4v) is 3.07. The third-order valence-electron chi connectivity index (χ3n) is 4.01. The van der Waals surface area contributed by atoms with Crippen molar-refractivity contribution < 1.29 is 14.3 Å². The number of halogens is 1. The van der Waals surface area contributed by atoms with Crippen molar-refractivity contribution in [3.8, 4) is 5.75 Å². The minimum atomic E-state index is -0.383. The van der Waals surface area contributed by atoms with Crippen LogP contribution in [0.3, 0.4) is 0 Å². The quantitative estimate of drug-likeness (QED) is 0.501. The van der Waals surface area contributed by atoms with Gasteiger partial charge in [-0.1, -0.05) is 35.9 Å². The van der Waals surface area contributed by atoms with E-state index in [2.05, 4.69) is 16.0 Å². The van der Waals surface area contributed by atoms with Crippen molar-refractivity contribution in [1.82, 2.24) is 5.32 Å². The highest BCUT2D eigenvalue weighted by atomic mass is 35.5. The standard InChI is InChI=1S/C22H18ClN3O3S/c1-29-19-9-5-8-15(10-19)21(28)26-22(30)25-18-12-16(23)11-17(13-18)24-20(27)14-6-3-2-4-7-14/h2-13H,1H3,(H,24,27)(H2,25,26,28,30). The average molecular weight is 440 g/mol. The third-order valence-corrected chi connectivity index (χ3v) is 4.43. The summed E-state index contributed by atoms with van der Waals surface area (Å²) in [5, 5.41) is 8.76. The van der Waals surface area contributed by atoms with Crippen LogP contribution in [-0.2, 0) is 0 Å². The number of benzene rings is 3. The predicted molar refractivity (Wildman–Crippen MR) is 123 cm³/mol. The first-order valence-corrected chi connectivity index (χ1v) is 9.66. The zero-order valence-corrected chi connectivity index (χ0v) is 17.5. The smallest absolute Gasteiger partial charge is 0.257 e. The topological polar surface area (TPSA) is 79.5 Å². The number of ether oxygens (including phenoxy) is 1. The van der Waals surface area contributed by atoms with Crippen LogP contribution in [0.25, 0.3) is 0 Å². The van der Waals surface area contributed by atoms with E-state index in [4.69, 9.17) is 28.6 Å². The van der Waals surface area contributed by atoms with Gasteiger partial charge in [-0.25, -0.2) is 0 Å². The zero-order valence-electron chi connectivity index (χ0n) is 15.9. The van der Waals surface area contributed by atoms with Gasteiger partial charge in [-0.2, -0.15) is 0 Å². The molecule has 30 heavy (non-hydrogen) atoms. The molecule has 0 saturated carbocycles. The molecule has 0 fully saturated rings. The Labute approximate surface area is 184 Å². The van der Waals surface area contributed by atoms with Crippen molar-refractivity contribution in [2.24, 2.45) is 0 Å². The number of hydrogen-bond donors (Lipinski definition) is 3. The Morgan fingerprint density at radius 1 is 0.833 bits per heavy atom. The average Bonchev–Trinajstić information content (AvgIpc) is 2.73. The molecule has 0 saturated heterocycles. The predicted octanol–water partition coefficient (Wildman–Crippen LogP) is 4.73. The van der Waals surface area contributed by atoms with Crippen molar-refractivity contribution in [2.75, 3.05) is 17.7 Å². The van der Waals surface area contributed by atoms with Gasteiger partial charge < -0.3 is 15.4 Å². The fraction of sp³-hybridized carbons (Fsp3) is 0.0455. The molecule has 8 heteroatoms. The van der Waals surface area contributed by atoms with Gasteiger partial charge in [0.05, 0.1) is 7.11 Å². The van der Waals surface area contributed by atoms with E-state index >= 15 is 0 Å². The van der Waals surface area contributed by atoms with Crippen LogP contribution in [0.1, 0.15) is 20.7 Å². The number of carbonyl (C=O) groups is 2. The number of carbonyl (C=O) groups excluding carboxylic acids is 2. The summed E-state index contributed by atoms with van der Waals surface area (Å²) in [5.41, 5.74) is 1.93. The van der Waals surface area contributed by atoms with E-state index in [0.29, 0.717) is 33.3 Å². The molecule has 0 aromatic heterocycles. The molecule has 0 unspecified atom stereocenters. The first kappa shape index (κ1) is 21.3. The monoisotopic (exact) mass is 439 g/mol. The molecule has 0 aliphatic carbocycles. The molecule has 0 radical (unpaired) electrons. The molecule has 6 nitrogen and oxygen atoms in total. The molecule has 3 aromatic rings. The molecule has 3 aromatic carbocycles. The van der Waals surface area contributed by atoms with Crippen LogP contribution in [0.15, 0.2) is 72.8 Å². The number of hydrogen-bond acceptors (Lipinski definition) is 4. The van der Waals surface area contributed by atoms with E-state index in [1.807, 2.05) is 6.07 Å². The summed E-state index contributed by atoms with van der Waals surface area (Å²) in [7, 11) is 1.52. The molecule has 3 rings (SSSR count).